The number of amides is 2. The fraction of sp³-hybridized carbons (Fsp3) is 0.0909. The van der Waals surface area contributed by atoms with Crippen LogP contribution >= 0.6 is 0 Å². The molecule has 1 heterocycles. The number of halogens is 1. The number of imide groups is 1. The summed E-state index contributed by atoms with van der Waals surface area (Å²) in [5, 5.41) is 9.35. The Bertz CT molecular complexity index is 1030. The van der Waals surface area contributed by atoms with Gasteiger partial charge in [0, 0.05) is 6.54 Å². The number of nitrogens with zero attached hydrogens (tertiary/aromatic N) is 1. The number of rotatable bonds is 4. The molecule has 0 atom stereocenters. The molecule has 4 rings (SSSR count). The number of aromatic hydroxyl groups is 1. The van der Waals surface area contributed by atoms with Crippen molar-refractivity contribution in [3.8, 4) is 16.9 Å². The zero-order valence-electron chi connectivity index (χ0n) is 14.4. The van der Waals surface area contributed by atoms with Crippen molar-refractivity contribution < 1.29 is 19.1 Å². The monoisotopic (exact) mass is 361 g/mol. The Morgan fingerprint density at radius 1 is 0.815 bits per heavy atom. The maximum atomic E-state index is 13.2. The second-order valence-electron chi connectivity index (χ2n) is 6.41. The fourth-order valence-corrected chi connectivity index (χ4v) is 3.31. The van der Waals surface area contributed by atoms with E-state index >= 15 is 0 Å². The van der Waals surface area contributed by atoms with Crippen LogP contribution in [0.25, 0.3) is 11.1 Å². The van der Waals surface area contributed by atoms with E-state index in [-0.39, 0.29) is 29.9 Å². The Hall–Kier alpha value is -3.47. The van der Waals surface area contributed by atoms with E-state index < -0.39 is 0 Å². The van der Waals surface area contributed by atoms with E-state index in [0.29, 0.717) is 28.7 Å². The summed E-state index contributed by atoms with van der Waals surface area (Å²) in [7, 11) is 0. The zero-order valence-corrected chi connectivity index (χ0v) is 14.4. The second kappa shape index (κ2) is 6.68. The van der Waals surface area contributed by atoms with Crippen molar-refractivity contribution in [3.05, 3.63) is 89.2 Å². The number of carbonyl (C=O) groups excluding carboxylic acids is 2. The van der Waals surface area contributed by atoms with Gasteiger partial charge in [0.2, 0.25) is 0 Å². The third-order valence-corrected chi connectivity index (χ3v) is 4.71. The summed E-state index contributed by atoms with van der Waals surface area (Å²) in [4.78, 5) is 26.9. The summed E-state index contributed by atoms with van der Waals surface area (Å²) >= 11 is 0. The fourth-order valence-electron chi connectivity index (χ4n) is 3.31. The number of benzene rings is 3. The average Bonchev–Trinajstić information content (AvgIpc) is 2.93. The van der Waals surface area contributed by atoms with Crippen molar-refractivity contribution >= 4 is 11.8 Å². The van der Waals surface area contributed by atoms with E-state index in [1.807, 2.05) is 0 Å². The lowest BCUT2D eigenvalue weighted by Gasteiger charge is -2.14. The molecule has 0 aromatic heterocycles. The van der Waals surface area contributed by atoms with Crippen molar-refractivity contribution in [3.63, 3.8) is 0 Å². The van der Waals surface area contributed by atoms with E-state index in [0.717, 1.165) is 5.56 Å². The van der Waals surface area contributed by atoms with Crippen LogP contribution in [0.15, 0.2) is 66.7 Å². The number of phenols is 1. The maximum absolute atomic E-state index is 13.2. The van der Waals surface area contributed by atoms with Gasteiger partial charge in [0.05, 0.1) is 11.1 Å². The predicted molar refractivity (Wildman–Crippen MR) is 99.0 cm³/mol. The van der Waals surface area contributed by atoms with Crippen LogP contribution in [-0.2, 0) is 6.42 Å². The Kier molecular flexibility index (Phi) is 4.20. The molecule has 0 aliphatic carbocycles. The SMILES string of the molecule is O=C1c2cccc(-c3ccc(F)cc3)c2C(=O)N1CCc1ccc(O)cc1. The molecule has 1 aliphatic heterocycles. The first kappa shape index (κ1) is 17.0. The molecular formula is C22H16FNO3. The van der Waals surface area contributed by atoms with Crippen molar-refractivity contribution in [2.45, 2.75) is 6.42 Å². The highest BCUT2D eigenvalue weighted by Crippen LogP contribution is 2.33. The molecule has 0 spiro atoms. The largest absolute Gasteiger partial charge is 0.508 e. The van der Waals surface area contributed by atoms with Gasteiger partial charge in [-0.1, -0.05) is 36.4 Å². The van der Waals surface area contributed by atoms with Crippen LogP contribution in [0, 0.1) is 5.82 Å². The molecule has 0 bridgehead atoms. The summed E-state index contributed by atoms with van der Waals surface area (Å²) in [5.74, 6) is -0.848. The minimum absolute atomic E-state index is 0.170. The maximum Gasteiger partial charge on any atom is 0.262 e. The van der Waals surface area contributed by atoms with Gasteiger partial charge in [-0.15, -0.1) is 0 Å². The van der Waals surface area contributed by atoms with Gasteiger partial charge in [0.25, 0.3) is 11.8 Å². The van der Waals surface area contributed by atoms with Crippen molar-refractivity contribution in [2.75, 3.05) is 6.54 Å². The van der Waals surface area contributed by atoms with Gasteiger partial charge in [-0.3, -0.25) is 14.5 Å². The van der Waals surface area contributed by atoms with E-state index in [1.54, 1.807) is 54.6 Å². The van der Waals surface area contributed by atoms with Crippen LogP contribution in [0.5, 0.6) is 5.75 Å². The zero-order chi connectivity index (χ0) is 19.0. The molecule has 134 valence electrons. The van der Waals surface area contributed by atoms with Crippen LogP contribution in [0.3, 0.4) is 0 Å². The minimum Gasteiger partial charge on any atom is -0.508 e. The second-order valence-corrected chi connectivity index (χ2v) is 6.41. The van der Waals surface area contributed by atoms with Crippen molar-refractivity contribution in [1.29, 1.82) is 0 Å². The van der Waals surface area contributed by atoms with E-state index in [1.165, 1.54) is 17.0 Å². The van der Waals surface area contributed by atoms with Crippen LogP contribution in [0.4, 0.5) is 4.39 Å². The Morgan fingerprint density at radius 3 is 2.19 bits per heavy atom. The Morgan fingerprint density at radius 2 is 1.48 bits per heavy atom. The molecule has 0 saturated carbocycles. The third-order valence-electron chi connectivity index (χ3n) is 4.71. The highest BCUT2D eigenvalue weighted by molar-refractivity contribution is 6.24. The summed E-state index contributed by atoms with van der Waals surface area (Å²) in [6.45, 7) is 0.250. The van der Waals surface area contributed by atoms with Gasteiger partial charge in [-0.05, 0) is 53.4 Å². The molecule has 0 unspecified atom stereocenters. The first-order chi connectivity index (χ1) is 13.0. The van der Waals surface area contributed by atoms with E-state index in [9.17, 15) is 19.1 Å². The van der Waals surface area contributed by atoms with Crippen LogP contribution in [0.1, 0.15) is 26.3 Å². The highest BCUT2D eigenvalue weighted by Gasteiger charge is 2.37. The molecule has 1 aliphatic rings. The minimum atomic E-state index is -0.357. The molecule has 5 heteroatoms. The number of carbonyl (C=O) groups is 2. The standard InChI is InChI=1S/C22H16FNO3/c23-16-8-6-15(7-9-16)18-2-1-3-19-20(18)22(27)24(21(19)26)13-12-14-4-10-17(25)11-5-14/h1-11,25H,12-13H2. The van der Waals surface area contributed by atoms with Crippen LogP contribution < -0.4 is 0 Å². The predicted octanol–water partition coefficient (Wildman–Crippen LogP) is 4.04. The normalized spacial score (nSPS) is 13.1. The van der Waals surface area contributed by atoms with Gasteiger partial charge in [-0.25, -0.2) is 4.39 Å². The molecule has 3 aromatic carbocycles. The first-order valence-electron chi connectivity index (χ1n) is 8.57. The third kappa shape index (κ3) is 3.08. The van der Waals surface area contributed by atoms with Crippen molar-refractivity contribution in [2.24, 2.45) is 0 Å². The van der Waals surface area contributed by atoms with Crippen molar-refractivity contribution in [1.82, 2.24) is 4.90 Å². The Labute approximate surface area is 155 Å². The molecule has 27 heavy (non-hydrogen) atoms. The average molecular weight is 361 g/mol. The molecule has 0 fully saturated rings. The van der Waals surface area contributed by atoms with Gasteiger partial charge >= 0.3 is 0 Å². The van der Waals surface area contributed by atoms with Gasteiger partial charge in [0.1, 0.15) is 11.6 Å². The summed E-state index contributed by atoms with van der Waals surface area (Å²) in [5.41, 5.74) is 2.96. The lowest BCUT2D eigenvalue weighted by atomic mass is 9.96. The quantitative estimate of drug-likeness (QED) is 0.714. The summed E-state index contributed by atoms with van der Waals surface area (Å²) in [6.07, 6.45) is 0.498. The van der Waals surface area contributed by atoms with Gasteiger partial charge < -0.3 is 5.11 Å². The van der Waals surface area contributed by atoms with E-state index in [4.69, 9.17) is 0 Å². The topological polar surface area (TPSA) is 57.6 Å². The Balaban J connectivity index is 1.63. The number of hydrogen-bond acceptors (Lipinski definition) is 3. The van der Waals surface area contributed by atoms with E-state index in [2.05, 4.69) is 0 Å². The number of hydrogen-bond donors (Lipinski definition) is 1. The van der Waals surface area contributed by atoms with Crippen LogP contribution in [-0.4, -0.2) is 28.4 Å². The lowest BCUT2D eigenvalue weighted by molar-refractivity contribution is 0.0656. The van der Waals surface area contributed by atoms with Gasteiger partial charge in [-0.2, -0.15) is 0 Å². The molecule has 2 amide bonds. The first-order valence-corrected chi connectivity index (χ1v) is 8.57. The number of fused-ring (bicyclic) bond motifs is 1. The molecule has 0 saturated heterocycles. The highest BCUT2D eigenvalue weighted by atomic mass is 19.1. The van der Waals surface area contributed by atoms with Crippen LogP contribution in [0.2, 0.25) is 0 Å². The van der Waals surface area contributed by atoms with Gasteiger partial charge in [0.15, 0.2) is 0 Å². The molecule has 4 nitrogen and oxygen atoms in total. The molecule has 0 radical (unpaired) electrons. The number of phenolic OH excluding ortho intramolecular Hbond substituents is 1. The molecular weight excluding hydrogens is 345 g/mol. The smallest absolute Gasteiger partial charge is 0.262 e. The molecule has 3 aromatic rings. The molecule has 1 N–H and O–H groups in total. The summed E-state index contributed by atoms with van der Waals surface area (Å²) in [6, 6.07) is 17.7. The lowest BCUT2D eigenvalue weighted by Crippen LogP contribution is -2.31. The summed E-state index contributed by atoms with van der Waals surface area (Å²) < 4.78 is 13.2.